The molecule has 0 atom stereocenters. The first-order chi connectivity index (χ1) is 13.2. The SMILES string of the molecule is Cc1ccc(C(=O)N2CC(c3nc(CCOCc4ccccc4)no3)C2)s1. The predicted octanol–water partition coefficient (Wildman–Crippen LogP) is 3.44. The van der Waals surface area contributed by atoms with Gasteiger partial charge in [0.05, 0.1) is 24.0 Å². The van der Waals surface area contributed by atoms with E-state index in [2.05, 4.69) is 10.1 Å². The van der Waals surface area contributed by atoms with E-state index in [1.165, 1.54) is 11.3 Å². The van der Waals surface area contributed by atoms with E-state index in [0.29, 0.717) is 44.4 Å². The molecule has 3 heterocycles. The number of hydrogen-bond donors (Lipinski definition) is 0. The van der Waals surface area contributed by atoms with Gasteiger partial charge in [0.15, 0.2) is 5.82 Å². The van der Waals surface area contributed by atoms with Gasteiger partial charge < -0.3 is 14.2 Å². The molecule has 0 aliphatic carbocycles. The number of nitrogens with zero attached hydrogens (tertiary/aromatic N) is 3. The molecule has 1 saturated heterocycles. The Balaban J connectivity index is 1.21. The van der Waals surface area contributed by atoms with Crippen molar-refractivity contribution in [2.24, 2.45) is 0 Å². The Labute approximate surface area is 161 Å². The van der Waals surface area contributed by atoms with Gasteiger partial charge in [0.1, 0.15) is 0 Å². The van der Waals surface area contributed by atoms with Crippen LogP contribution in [0.1, 0.15) is 37.7 Å². The number of carbonyl (C=O) groups excluding carboxylic acids is 1. The Hall–Kier alpha value is -2.51. The lowest BCUT2D eigenvalue weighted by atomic mass is 10.00. The van der Waals surface area contributed by atoms with E-state index < -0.39 is 0 Å². The summed E-state index contributed by atoms with van der Waals surface area (Å²) in [6, 6.07) is 13.9. The maximum Gasteiger partial charge on any atom is 0.263 e. The van der Waals surface area contributed by atoms with Gasteiger partial charge in [-0.1, -0.05) is 35.5 Å². The van der Waals surface area contributed by atoms with Crippen LogP contribution < -0.4 is 0 Å². The highest BCUT2D eigenvalue weighted by Gasteiger charge is 2.36. The molecule has 0 N–H and O–H groups in total. The standard InChI is InChI=1S/C20H21N3O3S/c1-14-7-8-17(27-14)20(24)23-11-16(12-23)19-21-18(22-26-19)9-10-25-13-15-5-3-2-4-6-15/h2-8,16H,9-13H2,1H3. The van der Waals surface area contributed by atoms with E-state index in [1.54, 1.807) is 0 Å². The van der Waals surface area contributed by atoms with Gasteiger partial charge in [-0.05, 0) is 24.6 Å². The first-order valence-electron chi connectivity index (χ1n) is 8.99. The van der Waals surface area contributed by atoms with Crippen LogP contribution in [0.5, 0.6) is 0 Å². The third-order valence-electron chi connectivity index (χ3n) is 4.53. The van der Waals surface area contributed by atoms with E-state index in [0.717, 1.165) is 15.3 Å². The Bertz CT molecular complexity index is 900. The molecule has 4 rings (SSSR count). The fraction of sp³-hybridized carbons (Fsp3) is 0.350. The van der Waals surface area contributed by atoms with Gasteiger partial charge in [-0.25, -0.2) is 0 Å². The molecule has 1 amide bonds. The molecule has 0 bridgehead atoms. The first kappa shape index (κ1) is 17.9. The quantitative estimate of drug-likeness (QED) is 0.585. The summed E-state index contributed by atoms with van der Waals surface area (Å²) in [6.45, 7) is 4.38. The number of amides is 1. The Kier molecular flexibility index (Phi) is 5.31. The van der Waals surface area contributed by atoms with E-state index in [4.69, 9.17) is 9.26 Å². The highest BCUT2D eigenvalue weighted by molar-refractivity contribution is 7.13. The predicted molar refractivity (Wildman–Crippen MR) is 102 cm³/mol. The minimum atomic E-state index is 0.0819. The second kappa shape index (κ2) is 8.02. The van der Waals surface area contributed by atoms with Crippen LogP contribution in [-0.2, 0) is 17.8 Å². The number of hydrogen-bond acceptors (Lipinski definition) is 6. The molecule has 7 heteroatoms. The number of rotatable bonds is 7. The Morgan fingerprint density at radius 3 is 2.81 bits per heavy atom. The summed E-state index contributed by atoms with van der Waals surface area (Å²) < 4.78 is 11.0. The monoisotopic (exact) mass is 383 g/mol. The summed E-state index contributed by atoms with van der Waals surface area (Å²) in [7, 11) is 0. The van der Waals surface area contributed by atoms with Crippen LogP contribution in [0.2, 0.25) is 0 Å². The molecule has 1 aliphatic heterocycles. The van der Waals surface area contributed by atoms with E-state index in [9.17, 15) is 4.79 Å². The lowest BCUT2D eigenvalue weighted by Gasteiger charge is -2.36. The van der Waals surface area contributed by atoms with Crippen molar-refractivity contribution in [3.63, 3.8) is 0 Å². The zero-order chi connectivity index (χ0) is 18.6. The summed E-state index contributed by atoms with van der Waals surface area (Å²) in [5.41, 5.74) is 1.14. The van der Waals surface area contributed by atoms with Crippen molar-refractivity contribution >= 4 is 17.2 Å². The molecular weight excluding hydrogens is 362 g/mol. The molecule has 0 unspecified atom stereocenters. The lowest BCUT2D eigenvalue weighted by Crippen LogP contribution is -2.48. The molecule has 0 saturated carbocycles. The Morgan fingerprint density at radius 1 is 1.26 bits per heavy atom. The number of ether oxygens (including phenoxy) is 1. The van der Waals surface area contributed by atoms with Gasteiger partial charge in [-0.2, -0.15) is 4.98 Å². The third kappa shape index (κ3) is 4.26. The fourth-order valence-electron chi connectivity index (χ4n) is 2.97. The summed E-state index contributed by atoms with van der Waals surface area (Å²) >= 11 is 1.53. The normalized spacial score (nSPS) is 14.3. The molecule has 140 valence electrons. The zero-order valence-corrected chi connectivity index (χ0v) is 15.9. The van der Waals surface area contributed by atoms with Gasteiger partial charge in [0.2, 0.25) is 5.89 Å². The summed E-state index contributed by atoms with van der Waals surface area (Å²) in [4.78, 5) is 20.6. The van der Waals surface area contributed by atoms with Crippen LogP contribution >= 0.6 is 11.3 Å². The number of carbonyl (C=O) groups is 1. The fourth-order valence-corrected chi connectivity index (χ4v) is 3.80. The van der Waals surface area contributed by atoms with Crippen LogP contribution in [0.3, 0.4) is 0 Å². The van der Waals surface area contributed by atoms with E-state index in [-0.39, 0.29) is 11.8 Å². The van der Waals surface area contributed by atoms with Crippen LogP contribution in [0.25, 0.3) is 0 Å². The number of benzene rings is 1. The molecule has 2 aromatic heterocycles. The average Bonchev–Trinajstić information content (AvgIpc) is 3.28. The molecule has 1 fully saturated rings. The lowest BCUT2D eigenvalue weighted by molar-refractivity contribution is 0.0574. The first-order valence-corrected chi connectivity index (χ1v) is 9.80. The zero-order valence-electron chi connectivity index (χ0n) is 15.1. The molecule has 3 aromatic rings. The molecule has 27 heavy (non-hydrogen) atoms. The largest absolute Gasteiger partial charge is 0.376 e. The summed E-state index contributed by atoms with van der Waals surface area (Å²) in [5.74, 6) is 1.47. The molecule has 0 spiro atoms. The maximum absolute atomic E-state index is 12.4. The van der Waals surface area contributed by atoms with Crippen molar-refractivity contribution < 1.29 is 14.1 Å². The van der Waals surface area contributed by atoms with Gasteiger partial charge in [-0.15, -0.1) is 11.3 Å². The van der Waals surface area contributed by atoms with Gasteiger partial charge in [0, 0.05) is 24.4 Å². The van der Waals surface area contributed by atoms with Gasteiger partial charge >= 0.3 is 0 Å². The number of thiophene rings is 1. The van der Waals surface area contributed by atoms with Crippen molar-refractivity contribution in [2.75, 3.05) is 19.7 Å². The van der Waals surface area contributed by atoms with Crippen molar-refractivity contribution in [1.82, 2.24) is 15.0 Å². The van der Waals surface area contributed by atoms with Gasteiger partial charge in [-0.3, -0.25) is 4.79 Å². The number of likely N-dealkylation sites (tertiary alicyclic amines) is 1. The number of aryl methyl sites for hydroxylation is 1. The van der Waals surface area contributed by atoms with Crippen LogP contribution in [0.15, 0.2) is 47.0 Å². The second-order valence-corrected chi connectivity index (χ2v) is 7.94. The molecular formula is C20H21N3O3S. The summed E-state index contributed by atoms with van der Waals surface area (Å²) in [5, 5.41) is 4.03. The third-order valence-corrected chi connectivity index (χ3v) is 5.52. The van der Waals surface area contributed by atoms with Crippen LogP contribution in [-0.4, -0.2) is 40.6 Å². The number of aromatic nitrogens is 2. The molecule has 1 aromatic carbocycles. The Morgan fingerprint density at radius 2 is 2.07 bits per heavy atom. The van der Waals surface area contributed by atoms with Gasteiger partial charge in [0.25, 0.3) is 5.91 Å². The van der Waals surface area contributed by atoms with Crippen LogP contribution in [0, 0.1) is 6.92 Å². The molecule has 1 aliphatic rings. The highest BCUT2D eigenvalue weighted by atomic mass is 32.1. The summed E-state index contributed by atoms with van der Waals surface area (Å²) in [6.07, 6.45) is 0.611. The van der Waals surface area contributed by atoms with E-state index in [1.807, 2.05) is 54.3 Å². The minimum absolute atomic E-state index is 0.0819. The average molecular weight is 383 g/mol. The highest BCUT2D eigenvalue weighted by Crippen LogP contribution is 2.28. The van der Waals surface area contributed by atoms with Crippen LogP contribution in [0.4, 0.5) is 0 Å². The second-order valence-electron chi connectivity index (χ2n) is 6.65. The molecule has 0 radical (unpaired) electrons. The smallest absolute Gasteiger partial charge is 0.263 e. The minimum Gasteiger partial charge on any atom is -0.376 e. The van der Waals surface area contributed by atoms with Crippen molar-refractivity contribution in [3.05, 3.63) is 69.5 Å². The van der Waals surface area contributed by atoms with E-state index >= 15 is 0 Å². The van der Waals surface area contributed by atoms with Crippen molar-refractivity contribution in [2.45, 2.75) is 25.9 Å². The van der Waals surface area contributed by atoms with Crippen molar-refractivity contribution in [3.8, 4) is 0 Å². The maximum atomic E-state index is 12.4. The van der Waals surface area contributed by atoms with Crippen molar-refractivity contribution in [1.29, 1.82) is 0 Å². The topological polar surface area (TPSA) is 68.5 Å². The molecule has 6 nitrogen and oxygen atoms in total.